The standard InChI is InChI=1S/C18H17N7OS/c26-17(21-18-20-13-3-1-2-4-14(13)27-18)12-7-9-24(10-8-12)16-6-5-15-22-19-11-25(15)23-16/h1-6,11-12H,7-10H2,(H,20,21,26). The zero-order chi connectivity index (χ0) is 18.2. The fraction of sp³-hybridized carbons (Fsp3) is 0.278. The third-order valence-electron chi connectivity index (χ3n) is 4.86. The van der Waals surface area contributed by atoms with Crippen molar-refractivity contribution in [3.05, 3.63) is 42.7 Å². The number of hydrogen-bond acceptors (Lipinski definition) is 7. The lowest BCUT2D eigenvalue weighted by atomic mass is 9.96. The number of nitrogens with zero attached hydrogens (tertiary/aromatic N) is 6. The van der Waals surface area contributed by atoms with Gasteiger partial charge in [0.15, 0.2) is 10.8 Å². The molecule has 0 radical (unpaired) electrons. The van der Waals surface area contributed by atoms with Gasteiger partial charge in [-0.3, -0.25) is 4.79 Å². The summed E-state index contributed by atoms with van der Waals surface area (Å²) in [6, 6.07) is 11.8. The van der Waals surface area contributed by atoms with E-state index in [4.69, 9.17) is 0 Å². The van der Waals surface area contributed by atoms with E-state index in [0.717, 1.165) is 47.6 Å². The molecular weight excluding hydrogens is 362 g/mol. The summed E-state index contributed by atoms with van der Waals surface area (Å²) in [5.74, 6) is 0.926. The molecule has 4 aromatic rings. The number of carbonyl (C=O) groups excluding carboxylic acids is 1. The number of piperidine rings is 1. The number of carbonyl (C=O) groups is 1. The summed E-state index contributed by atoms with van der Waals surface area (Å²) in [5, 5.41) is 16.0. The van der Waals surface area contributed by atoms with Crippen LogP contribution in [0.1, 0.15) is 12.8 Å². The molecular formula is C18H17N7OS. The molecule has 1 aliphatic heterocycles. The molecule has 27 heavy (non-hydrogen) atoms. The first kappa shape index (κ1) is 16.1. The topological polar surface area (TPSA) is 88.3 Å². The fourth-order valence-electron chi connectivity index (χ4n) is 3.39. The van der Waals surface area contributed by atoms with Gasteiger partial charge in [0.05, 0.1) is 10.2 Å². The molecule has 4 heterocycles. The van der Waals surface area contributed by atoms with Crippen LogP contribution < -0.4 is 10.2 Å². The Morgan fingerprint density at radius 1 is 1.15 bits per heavy atom. The molecule has 8 nitrogen and oxygen atoms in total. The van der Waals surface area contributed by atoms with Crippen molar-refractivity contribution in [2.75, 3.05) is 23.3 Å². The number of aromatic nitrogens is 5. The Labute approximate surface area is 158 Å². The van der Waals surface area contributed by atoms with E-state index in [1.807, 2.05) is 36.4 Å². The minimum Gasteiger partial charge on any atom is -0.355 e. The number of hydrogen-bond donors (Lipinski definition) is 1. The maximum Gasteiger partial charge on any atom is 0.229 e. The minimum absolute atomic E-state index is 0.00750. The van der Waals surface area contributed by atoms with E-state index >= 15 is 0 Å². The Balaban J connectivity index is 1.23. The second-order valence-electron chi connectivity index (χ2n) is 6.56. The molecule has 5 rings (SSSR count). The SMILES string of the molecule is O=C(Nc1nc2ccccc2s1)C1CCN(c2ccc3nncn3n2)CC1. The zero-order valence-electron chi connectivity index (χ0n) is 14.4. The summed E-state index contributed by atoms with van der Waals surface area (Å²) in [5.41, 5.74) is 1.65. The number of thiazole rings is 1. The van der Waals surface area contributed by atoms with E-state index in [9.17, 15) is 4.79 Å². The van der Waals surface area contributed by atoms with Crippen LogP contribution in [0.15, 0.2) is 42.7 Å². The van der Waals surface area contributed by atoms with Crippen LogP contribution in [0.5, 0.6) is 0 Å². The van der Waals surface area contributed by atoms with Gasteiger partial charge in [-0.05, 0) is 37.1 Å². The van der Waals surface area contributed by atoms with Crippen molar-refractivity contribution in [3.63, 3.8) is 0 Å². The molecule has 1 N–H and O–H groups in total. The molecule has 136 valence electrons. The number of anilines is 2. The van der Waals surface area contributed by atoms with Gasteiger partial charge in [0.1, 0.15) is 12.1 Å². The van der Waals surface area contributed by atoms with Gasteiger partial charge in [-0.25, -0.2) is 4.98 Å². The quantitative estimate of drug-likeness (QED) is 0.589. The number of amides is 1. The van der Waals surface area contributed by atoms with Gasteiger partial charge in [-0.1, -0.05) is 23.5 Å². The number of para-hydroxylation sites is 1. The third kappa shape index (κ3) is 3.10. The van der Waals surface area contributed by atoms with Gasteiger partial charge >= 0.3 is 0 Å². The van der Waals surface area contributed by atoms with Crippen LogP contribution in [0, 0.1) is 5.92 Å². The Hall–Kier alpha value is -3.07. The van der Waals surface area contributed by atoms with Crippen LogP contribution in [-0.4, -0.2) is 43.8 Å². The van der Waals surface area contributed by atoms with E-state index in [0.29, 0.717) is 5.13 Å². The van der Waals surface area contributed by atoms with E-state index in [-0.39, 0.29) is 11.8 Å². The second kappa shape index (κ2) is 6.58. The second-order valence-corrected chi connectivity index (χ2v) is 7.59. The van der Waals surface area contributed by atoms with Gasteiger partial charge in [0.2, 0.25) is 5.91 Å². The van der Waals surface area contributed by atoms with Crippen molar-refractivity contribution in [2.45, 2.75) is 12.8 Å². The van der Waals surface area contributed by atoms with E-state index in [1.54, 1.807) is 10.8 Å². The van der Waals surface area contributed by atoms with Gasteiger partial charge in [0.25, 0.3) is 0 Å². The van der Waals surface area contributed by atoms with Crippen molar-refractivity contribution < 1.29 is 4.79 Å². The van der Waals surface area contributed by atoms with Crippen LogP contribution in [-0.2, 0) is 4.79 Å². The van der Waals surface area contributed by atoms with Crippen LogP contribution in [0.2, 0.25) is 0 Å². The number of nitrogens with one attached hydrogen (secondary N) is 1. The summed E-state index contributed by atoms with van der Waals surface area (Å²) in [7, 11) is 0. The first-order valence-corrected chi connectivity index (χ1v) is 9.66. The summed E-state index contributed by atoms with van der Waals surface area (Å²) in [4.78, 5) is 19.3. The largest absolute Gasteiger partial charge is 0.355 e. The maximum absolute atomic E-state index is 12.6. The van der Waals surface area contributed by atoms with Crippen molar-refractivity contribution >= 4 is 44.1 Å². The molecule has 0 aliphatic carbocycles. The number of benzene rings is 1. The first-order chi connectivity index (χ1) is 13.3. The molecule has 9 heteroatoms. The average molecular weight is 379 g/mol. The van der Waals surface area contributed by atoms with Gasteiger partial charge in [0, 0.05) is 19.0 Å². The number of fused-ring (bicyclic) bond motifs is 2. The zero-order valence-corrected chi connectivity index (χ0v) is 15.3. The molecule has 1 fully saturated rings. The van der Waals surface area contributed by atoms with E-state index in [1.165, 1.54) is 11.3 Å². The molecule has 1 saturated heterocycles. The highest BCUT2D eigenvalue weighted by Gasteiger charge is 2.26. The Morgan fingerprint density at radius 2 is 2.00 bits per heavy atom. The van der Waals surface area contributed by atoms with E-state index < -0.39 is 0 Å². The Morgan fingerprint density at radius 3 is 2.85 bits per heavy atom. The molecule has 3 aromatic heterocycles. The lowest BCUT2D eigenvalue weighted by Crippen LogP contribution is -2.38. The van der Waals surface area contributed by atoms with Gasteiger partial charge in [-0.15, -0.1) is 15.3 Å². The van der Waals surface area contributed by atoms with Crippen molar-refractivity contribution in [1.29, 1.82) is 0 Å². The minimum atomic E-state index is -0.00750. The van der Waals surface area contributed by atoms with Crippen LogP contribution in [0.4, 0.5) is 10.9 Å². The summed E-state index contributed by atoms with van der Waals surface area (Å²) >= 11 is 1.51. The van der Waals surface area contributed by atoms with Crippen LogP contribution in [0.3, 0.4) is 0 Å². The number of rotatable bonds is 3. The normalized spacial score (nSPS) is 15.5. The van der Waals surface area contributed by atoms with Crippen molar-refractivity contribution in [2.24, 2.45) is 5.92 Å². The highest BCUT2D eigenvalue weighted by molar-refractivity contribution is 7.22. The predicted molar refractivity (Wildman–Crippen MR) is 104 cm³/mol. The fourth-order valence-corrected chi connectivity index (χ4v) is 4.26. The monoisotopic (exact) mass is 379 g/mol. The Kier molecular flexibility index (Phi) is 3.93. The smallest absolute Gasteiger partial charge is 0.229 e. The van der Waals surface area contributed by atoms with Crippen molar-refractivity contribution in [3.8, 4) is 0 Å². The van der Waals surface area contributed by atoms with Gasteiger partial charge in [-0.2, -0.15) is 4.52 Å². The molecule has 0 unspecified atom stereocenters. The Bertz CT molecular complexity index is 1080. The summed E-state index contributed by atoms with van der Waals surface area (Å²) in [6.07, 6.45) is 3.17. The lowest BCUT2D eigenvalue weighted by molar-refractivity contribution is -0.120. The predicted octanol–water partition coefficient (Wildman–Crippen LogP) is 2.59. The molecule has 0 atom stereocenters. The van der Waals surface area contributed by atoms with Gasteiger partial charge < -0.3 is 10.2 Å². The first-order valence-electron chi connectivity index (χ1n) is 8.85. The molecule has 0 saturated carbocycles. The maximum atomic E-state index is 12.6. The highest BCUT2D eigenvalue weighted by atomic mass is 32.1. The van der Waals surface area contributed by atoms with Crippen LogP contribution >= 0.6 is 11.3 Å². The molecule has 0 spiro atoms. The molecule has 0 bridgehead atoms. The molecule has 1 aromatic carbocycles. The van der Waals surface area contributed by atoms with Crippen molar-refractivity contribution in [1.82, 2.24) is 24.8 Å². The summed E-state index contributed by atoms with van der Waals surface area (Å²) in [6.45, 7) is 1.58. The van der Waals surface area contributed by atoms with E-state index in [2.05, 4.69) is 30.5 Å². The lowest BCUT2D eigenvalue weighted by Gasteiger charge is -2.31. The summed E-state index contributed by atoms with van der Waals surface area (Å²) < 4.78 is 2.75. The third-order valence-corrected chi connectivity index (χ3v) is 5.81. The van der Waals surface area contributed by atoms with Crippen LogP contribution in [0.25, 0.3) is 15.9 Å². The highest BCUT2D eigenvalue weighted by Crippen LogP contribution is 2.27. The molecule has 1 aliphatic rings. The average Bonchev–Trinajstić information content (AvgIpc) is 3.33. The molecule has 1 amide bonds.